The molecule has 0 fully saturated rings. The minimum atomic E-state index is -0.642. The lowest BCUT2D eigenvalue weighted by Crippen LogP contribution is -2.36. The van der Waals surface area contributed by atoms with Crippen LogP contribution < -0.4 is 5.90 Å². The molecule has 0 aliphatic rings. The number of hydrogen-bond donors (Lipinski definition) is 2. The highest BCUT2D eigenvalue weighted by molar-refractivity contribution is 5.88. The highest BCUT2D eigenvalue weighted by atomic mass is 16.6. The molecule has 6 nitrogen and oxygen atoms in total. The first-order chi connectivity index (χ1) is 6.45. The number of likely N-dealkylation sites (N-methyl/N-ethyl adjacent to an activating group) is 1. The Hall–Kier alpha value is -1.27. The van der Waals surface area contributed by atoms with E-state index in [0.29, 0.717) is 0 Å². The highest BCUT2D eigenvalue weighted by Crippen LogP contribution is 2.11. The molecule has 82 valence electrons. The van der Waals surface area contributed by atoms with E-state index in [0.717, 1.165) is 0 Å². The first-order valence-electron chi connectivity index (χ1n) is 4.02. The molecule has 0 heterocycles. The molecule has 0 radical (unpaired) electrons. The van der Waals surface area contributed by atoms with Crippen LogP contribution in [0.25, 0.3) is 0 Å². The van der Waals surface area contributed by atoms with E-state index >= 15 is 0 Å². The van der Waals surface area contributed by atoms with Crippen molar-refractivity contribution in [1.29, 1.82) is 0 Å². The number of carbonyl (C=O) groups excluding carboxylic acids is 1. The van der Waals surface area contributed by atoms with Gasteiger partial charge in [0.15, 0.2) is 5.70 Å². The SMILES string of the molecule is COC(=O)/C(=C(\C)O)N(C)C(C)ON. The smallest absolute Gasteiger partial charge is 0.357 e. The molecule has 0 aromatic rings. The van der Waals surface area contributed by atoms with E-state index in [2.05, 4.69) is 9.57 Å². The molecule has 0 amide bonds. The molecule has 1 unspecified atom stereocenters. The summed E-state index contributed by atoms with van der Waals surface area (Å²) >= 11 is 0. The second-order valence-electron chi connectivity index (χ2n) is 2.77. The number of rotatable bonds is 4. The van der Waals surface area contributed by atoms with Gasteiger partial charge in [-0.2, -0.15) is 0 Å². The lowest BCUT2D eigenvalue weighted by Gasteiger charge is -2.25. The second-order valence-corrected chi connectivity index (χ2v) is 2.77. The van der Waals surface area contributed by atoms with Gasteiger partial charge in [0, 0.05) is 7.05 Å². The molecule has 14 heavy (non-hydrogen) atoms. The van der Waals surface area contributed by atoms with E-state index in [4.69, 9.17) is 5.90 Å². The zero-order valence-electron chi connectivity index (χ0n) is 8.77. The summed E-state index contributed by atoms with van der Waals surface area (Å²) in [6.07, 6.45) is -0.536. The monoisotopic (exact) mass is 204 g/mol. The molecule has 1 atom stereocenters. The molecular formula is C8H16N2O4. The fourth-order valence-electron chi connectivity index (χ4n) is 0.917. The largest absolute Gasteiger partial charge is 0.510 e. The predicted molar refractivity (Wildman–Crippen MR) is 49.8 cm³/mol. The minimum Gasteiger partial charge on any atom is -0.510 e. The summed E-state index contributed by atoms with van der Waals surface area (Å²) in [5.74, 6) is 4.16. The summed E-state index contributed by atoms with van der Waals surface area (Å²) in [5, 5.41) is 9.27. The van der Waals surface area contributed by atoms with Crippen LogP contribution in [0.15, 0.2) is 11.5 Å². The zero-order chi connectivity index (χ0) is 11.3. The topological polar surface area (TPSA) is 85.0 Å². The van der Waals surface area contributed by atoms with Gasteiger partial charge in [0.1, 0.15) is 12.0 Å². The van der Waals surface area contributed by atoms with E-state index < -0.39 is 12.2 Å². The van der Waals surface area contributed by atoms with Gasteiger partial charge in [-0.1, -0.05) is 0 Å². The third-order valence-corrected chi connectivity index (χ3v) is 1.82. The Morgan fingerprint density at radius 3 is 2.36 bits per heavy atom. The van der Waals surface area contributed by atoms with Crippen LogP contribution in [0.3, 0.4) is 0 Å². The van der Waals surface area contributed by atoms with Gasteiger partial charge in [0.05, 0.1) is 7.11 Å². The zero-order valence-corrected chi connectivity index (χ0v) is 8.77. The number of nitrogens with zero attached hydrogens (tertiary/aromatic N) is 1. The van der Waals surface area contributed by atoms with Crippen molar-refractivity contribution < 1.29 is 19.5 Å². The number of aliphatic hydroxyl groups excluding tert-OH is 1. The predicted octanol–water partition coefficient (Wildman–Crippen LogP) is 0.117. The number of esters is 1. The molecule has 0 aromatic heterocycles. The van der Waals surface area contributed by atoms with Gasteiger partial charge in [0.25, 0.3) is 0 Å². The van der Waals surface area contributed by atoms with Crippen LogP contribution in [0.5, 0.6) is 0 Å². The summed E-state index contributed by atoms with van der Waals surface area (Å²) in [4.78, 5) is 17.1. The molecule has 0 aromatic carbocycles. The van der Waals surface area contributed by atoms with Crippen molar-refractivity contribution in [1.82, 2.24) is 4.90 Å². The molecule has 6 heteroatoms. The molecule has 0 saturated heterocycles. The number of hydrogen-bond acceptors (Lipinski definition) is 6. The van der Waals surface area contributed by atoms with Crippen molar-refractivity contribution >= 4 is 5.97 Å². The first kappa shape index (κ1) is 12.7. The average molecular weight is 204 g/mol. The van der Waals surface area contributed by atoms with E-state index in [9.17, 15) is 9.90 Å². The lowest BCUT2D eigenvalue weighted by molar-refractivity contribution is -0.140. The third-order valence-electron chi connectivity index (χ3n) is 1.82. The van der Waals surface area contributed by atoms with Crippen molar-refractivity contribution in [2.75, 3.05) is 14.2 Å². The van der Waals surface area contributed by atoms with Crippen molar-refractivity contribution in [2.24, 2.45) is 5.90 Å². The van der Waals surface area contributed by atoms with Crippen LogP contribution in [-0.2, 0) is 14.4 Å². The standard InChI is InChI=1S/C8H16N2O4/c1-5(11)7(8(12)13-4)10(3)6(2)14-9/h6,11H,9H2,1-4H3/b7-5-. The summed E-state index contributed by atoms with van der Waals surface area (Å²) < 4.78 is 4.49. The molecule has 0 rings (SSSR count). The van der Waals surface area contributed by atoms with Crippen LogP contribution in [0, 0.1) is 0 Å². The van der Waals surface area contributed by atoms with E-state index in [1.54, 1.807) is 14.0 Å². The van der Waals surface area contributed by atoms with Crippen LogP contribution in [-0.4, -0.2) is 36.4 Å². The van der Waals surface area contributed by atoms with E-state index in [1.807, 2.05) is 0 Å². The molecule has 0 spiro atoms. The molecule has 0 aliphatic heterocycles. The molecule has 0 aliphatic carbocycles. The molecule has 3 N–H and O–H groups in total. The fraction of sp³-hybridized carbons (Fsp3) is 0.625. The van der Waals surface area contributed by atoms with Gasteiger partial charge >= 0.3 is 5.97 Å². The number of methoxy groups -OCH3 is 1. The summed E-state index contributed by atoms with van der Waals surface area (Å²) in [7, 11) is 2.79. The van der Waals surface area contributed by atoms with Gasteiger partial charge in [-0.15, -0.1) is 0 Å². The minimum absolute atomic E-state index is 0.0189. The van der Waals surface area contributed by atoms with Crippen LogP contribution >= 0.6 is 0 Å². The maximum absolute atomic E-state index is 11.2. The lowest BCUT2D eigenvalue weighted by atomic mass is 10.3. The van der Waals surface area contributed by atoms with Crippen molar-refractivity contribution in [3.05, 3.63) is 11.5 Å². The number of nitrogens with two attached hydrogens (primary N) is 1. The van der Waals surface area contributed by atoms with Crippen molar-refractivity contribution in [3.63, 3.8) is 0 Å². The van der Waals surface area contributed by atoms with Gasteiger partial charge in [-0.3, -0.25) is 4.84 Å². The average Bonchev–Trinajstić information content (AvgIpc) is 2.15. The van der Waals surface area contributed by atoms with Crippen molar-refractivity contribution in [2.45, 2.75) is 20.1 Å². The second kappa shape index (κ2) is 5.46. The van der Waals surface area contributed by atoms with Crippen molar-refractivity contribution in [3.8, 4) is 0 Å². The maximum Gasteiger partial charge on any atom is 0.357 e. The first-order valence-corrected chi connectivity index (χ1v) is 4.02. The van der Waals surface area contributed by atoms with Crippen LogP contribution in [0.4, 0.5) is 0 Å². The Morgan fingerprint density at radius 1 is 1.57 bits per heavy atom. The third kappa shape index (κ3) is 2.90. The number of aliphatic hydroxyl groups is 1. The van der Waals surface area contributed by atoms with Crippen LogP contribution in [0.2, 0.25) is 0 Å². The van der Waals surface area contributed by atoms with Gasteiger partial charge in [-0.25, -0.2) is 10.7 Å². The van der Waals surface area contributed by atoms with Gasteiger partial charge < -0.3 is 14.7 Å². The van der Waals surface area contributed by atoms with Gasteiger partial charge in [-0.05, 0) is 13.8 Å². The quantitative estimate of drug-likeness (QED) is 0.222. The summed E-state index contributed by atoms with van der Waals surface area (Å²) in [6.45, 7) is 3.01. The Kier molecular flexibility index (Phi) is 4.96. The summed E-state index contributed by atoms with van der Waals surface area (Å²) in [6, 6.07) is 0. The number of allylic oxidation sites excluding steroid dienone is 1. The van der Waals surface area contributed by atoms with Gasteiger partial charge in [0.2, 0.25) is 0 Å². The van der Waals surface area contributed by atoms with E-state index in [1.165, 1.54) is 18.9 Å². The van der Waals surface area contributed by atoms with E-state index in [-0.39, 0.29) is 11.5 Å². The summed E-state index contributed by atoms with van der Waals surface area (Å²) in [5.41, 5.74) is 0.0189. The van der Waals surface area contributed by atoms with Crippen LogP contribution in [0.1, 0.15) is 13.8 Å². The normalized spacial score (nSPS) is 14.4. The highest BCUT2D eigenvalue weighted by Gasteiger charge is 2.22. The Morgan fingerprint density at radius 2 is 2.07 bits per heavy atom. The molecular weight excluding hydrogens is 188 g/mol. The maximum atomic E-state index is 11.2. The fourth-order valence-corrected chi connectivity index (χ4v) is 0.917. The Balaban J connectivity index is 4.87. The number of ether oxygens (including phenoxy) is 1. The molecule has 0 saturated carbocycles. The number of carbonyl (C=O) groups is 1. The Labute approximate surface area is 82.8 Å². The molecule has 0 bridgehead atoms. The Bertz CT molecular complexity index is 235.